The molecule has 0 aromatic heterocycles. The van der Waals surface area contributed by atoms with Crippen molar-refractivity contribution >= 4 is 11.6 Å². The van der Waals surface area contributed by atoms with Gasteiger partial charge in [0, 0.05) is 18.8 Å². The minimum Gasteiger partial charge on any atom is -0.381 e. The van der Waals surface area contributed by atoms with Crippen LogP contribution in [0.15, 0.2) is 30.3 Å². The first-order chi connectivity index (χ1) is 8.33. The summed E-state index contributed by atoms with van der Waals surface area (Å²) in [6.07, 6.45) is 1.94. The summed E-state index contributed by atoms with van der Waals surface area (Å²) in [7, 11) is 0. The molecule has 0 bridgehead atoms. The fourth-order valence-electron chi connectivity index (χ4n) is 2.23. The van der Waals surface area contributed by atoms with E-state index in [0.717, 1.165) is 25.1 Å². The third-order valence-electron chi connectivity index (χ3n) is 3.16. The van der Waals surface area contributed by atoms with Crippen LogP contribution >= 0.6 is 0 Å². The zero-order valence-electron chi connectivity index (χ0n) is 10.3. The molecule has 0 aliphatic carbocycles. The normalized spacial score (nSPS) is 19.9. The number of anilines is 1. The van der Waals surface area contributed by atoms with Crippen LogP contribution in [0.1, 0.15) is 19.8 Å². The van der Waals surface area contributed by atoms with E-state index in [1.165, 1.54) is 0 Å². The van der Waals surface area contributed by atoms with Crippen molar-refractivity contribution in [3.05, 3.63) is 30.3 Å². The smallest absolute Gasteiger partial charge is 0.232 e. The van der Waals surface area contributed by atoms with Crippen molar-refractivity contribution in [3.63, 3.8) is 0 Å². The van der Waals surface area contributed by atoms with Crippen LogP contribution in [0.3, 0.4) is 0 Å². The molecule has 2 rings (SSSR count). The molecule has 0 spiro atoms. The number of amides is 1. The molecule has 1 heterocycles. The van der Waals surface area contributed by atoms with Crippen molar-refractivity contribution in [2.75, 3.05) is 24.7 Å². The van der Waals surface area contributed by atoms with Crippen molar-refractivity contribution < 1.29 is 9.53 Å². The molecule has 17 heavy (non-hydrogen) atoms. The Morgan fingerprint density at radius 2 is 2.18 bits per heavy atom. The molecule has 0 N–H and O–H groups in total. The number of rotatable bonds is 3. The predicted octanol–water partition coefficient (Wildman–Crippen LogP) is 2.47. The van der Waals surface area contributed by atoms with Gasteiger partial charge in [-0.2, -0.15) is 0 Å². The summed E-state index contributed by atoms with van der Waals surface area (Å²) in [6, 6.07) is 9.84. The Morgan fingerprint density at radius 1 is 1.41 bits per heavy atom. The summed E-state index contributed by atoms with van der Waals surface area (Å²) in [4.78, 5) is 14.2. The highest BCUT2D eigenvalue weighted by molar-refractivity contribution is 5.95. The second-order valence-corrected chi connectivity index (χ2v) is 4.33. The van der Waals surface area contributed by atoms with Crippen molar-refractivity contribution in [3.8, 4) is 0 Å². The predicted molar refractivity (Wildman–Crippen MR) is 68.0 cm³/mol. The van der Waals surface area contributed by atoms with Crippen LogP contribution in [-0.4, -0.2) is 25.7 Å². The topological polar surface area (TPSA) is 29.5 Å². The van der Waals surface area contributed by atoms with Gasteiger partial charge >= 0.3 is 0 Å². The van der Waals surface area contributed by atoms with Crippen LogP contribution in [0.5, 0.6) is 0 Å². The zero-order chi connectivity index (χ0) is 12.1. The van der Waals surface area contributed by atoms with Gasteiger partial charge in [-0.15, -0.1) is 0 Å². The number of benzene rings is 1. The van der Waals surface area contributed by atoms with Gasteiger partial charge in [-0.3, -0.25) is 4.79 Å². The summed E-state index contributed by atoms with van der Waals surface area (Å²) in [6.45, 7) is 4.08. The molecule has 1 aliphatic heterocycles. The van der Waals surface area contributed by atoms with E-state index in [4.69, 9.17) is 4.74 Å². The van der Waals surface area contributed by atoms with Crippen LogP contribution in [0.25, 0.3) is 0 Å². The fraction of sp³-hybridized carbons (Fsp3) is 0.500. The highest BCUT2D eigenvalue weighted by Gasteiger charge is 2.26. The van der Waals surface area contributed by atoms with E-state index in [1.807, 2.05) is 42.2 Å². The van der Waals surface area contributed by atoms with Gasteiger partial charge in [0.25, 0.3) is 0 Å². The van der Waals surface area contributed by atoms with E-state index in [9.17, 15) is 4.79 Å². The second kappa shape index (κ2) is 5.82. The molecule has 1 amide bonds. The standard InChI is InChI=1S/C14H19NO2/c1-2-15(13-8-4-3-5-9-13)14(16)12-7-6-10-17-11-12/h3-5,8-9,12H,2,6-7,10-11H2,1H3. The van der Waals surface area contributed by atoms with Gasteiger partial charge in [-0.25, -0.2) is 0 Å². The van der Waals surface area contributed by atoms with E-state index in [-0.39, 0.29) is 11.8 Å². The number of hydrogen-bond donors (Lipinski definition) is 0. The maximum absolute atomic E-state index is 12.4. The highest BCUT2D eigenvalue weighted by Crippen LogP contribution is 2.21. The van der Waals surface area contributed by atoms with Gasteiger partial charge in [0.1, 0.15) is 0 Å². The Labute approximate surface area is 102 Å². The quantitative estimate of drug-likeness (QED) is 0.802. The number of ether oxygens (including phenoxy) is 1. The number of hydrogen-bond acceptors (Lipinski definition) is 2. The Balaban J connectivity index is 2.10. The summed E-state index contributed by atoms with van der Waals surface area (Å²) in [5.41, 5.74) is 0.977. The van der Waals surface area contributed by atoms with Gasteiger partial charge in [0.05, 0.1) is 12.5 Å². The zero-order valence-corrected chi connectivity index (χ0v) is 10.3. The van der Waals surface area contributed by atoms with E-state index in [2.05, 4.69) is 0 Å². The lowest BCUT2D eigenvalue weighted by Gasteiger charge is -2.28. The third-order valence-corrected chi connectivity index (χ3v) is 3.16. The van der Waals surface area contributed by atoms with E-state index >= 15 is 0 Å². The van der Waals surface area contributed by atoms with Gasteiger partial charge in [-0.05, 0) is 31.9 Å². The minimum absolute atomic E-state index is 0.0314. The van der Waals surface area contributed by atoms with Crippen molar-refractivity contribution in [1.29, 1.82) is 0 Å². The summed E-state index contributed by atoms with van der Waals surface area (Å²) in [5, 5.41) is 0. The van der Waals surface area contributed by atoms with Crippen LogP contribution < -0.4 is 4.90 Å². The number of nitrogens with zero attached hydrogens (tertiary/aromatic N) is 1. The molecule has 1 atom stereocenters. The molecule has 1 aromatic rings. The molecule has 3 heteroatoms. The lowest BCUT2D eigenvalue weighted by molar-refractivity contribution is -0.126. The maximum Gasteiger partial charge on any atom is 0.232 e. The first-order valence-electron chi connectivity index (χ1n) is 6.27. The van der Waals surface area contributed by atoms with Crippen molar-refractivity contribution in [1.82, 2.24) is 0 Å². The average Bonchev–Trinajstić information content (AvgIpc) is 2.42. The molecule has 1 aromatic carbocycles. The fourth-order valence-corrected chi connectivity index (χ4v) is 2.23. The molecule has 1 unspecified atom stereocenters. The van der Waals surface area contributed by atoms with Crippen LogP contribution in [0.4, 0.5) is 5.69 Å². The monoisotopic (exact) mass is 233 g/mol. The Hall–Kier alpha value is -1.35. The van der Waals surface area contributed by atoms with E-state index in [1.54, 1.807) is 0 Å². The van der Waals surface area contributed by atoms with Crippen LogP contribution in [0.2, 0.25) is 0 Å². The lowest BCUT2D eigenvalue weighted by Crippen LogP contribution is -2.39. The van der Waals surface area contributed by atoms with Crippen LogP contribution in [0, 0.1) is 5.92 Å². The molecular weight excluding hydrogens is 214 g/mol. The Morgan fingerprint density at radius 3 is 2.76 bits per heavy atom. The summed E-state index contributed by atoms with van der Waals surface area (Å²) in [5.74, 6) is 0.224. The third kappa shape index (κ3) is 2.86. The van der Waals surface area contributed by atoms with Gasteiger partial charge < -0.3 is 9.64 Å². The number of carbonyl (C=O) groups excluding carboxylic acids is 1. The van der Waals surface area contributed by atoms with E-state index < -0.39 is 0 Å². The highest BCUT2D eigenvalue weighted by atomic mass is 16.5. The maximum atomic E-state index is 12.4. The summed E-state index contributed by atoms with van der Waals surface area (Å²) >= 11 is 0. The molecule has 0 saturated carbocycles. The summed E-state index contributed by atoms with van der Waals surface area (Å²) < 4.78 is 5.39. The first-order valence-corrected chi connectivity index (χ1v) is 6.27. The average molecular weight is 233 g/mol. The van der Waals surface area contributed by atoms with Gasteiger partial charge in [0.2, 0.25) is 5.91 Å². The number of carbonyl (C=O) groups is 1. The largest absolute Gasteiger partial charge is 0.381 e. The van der Waals surface area contributed by atoms with Gasteiger partial charge in [0.15, 0.2) is 0 Å². The second-order valence-electron chi connectivity index (χ2n) is 4.33. The molecular formula is C14H19NO2. The lowest BCUT2D eigenvalue weighted by atomic mass is 10.0. The molecule has 1 aliphatic rings. The van der Waals surface area contributed by atoms with Crippen molar-refractivity contribution in [2.24, 2.45) is 5.92 Å². The molecule has 3 nitrogen and oxygen atoms in total. The number of para-hydroxylation sites is 1. The molecule has 1 saturated heterocycles. The Bertz CT molecular complexity index is 358. The SMILES string of the molecule is CCN(C(=O)C1CCCOC1)c1ccccc1. The molecule has 1 fully saturated rings. The molecule has 92 valence electrons. The minimum atomic E-state index is 0.0314. The molecule has 0 radical (unpaired) electrons. The van der Waals surface area contributed by atoms with E-state index in [0.29, 0.717) is 13.2 Å². The first kappa shape index (κ1) is 12.1. The van der Waals surface area contributed by atoms with Crippen molar-refractivity contribution in [2.45, 2.75) is 19.8 Å². The van der Waals surface area contributed by atoms with Crippen LogP contribution in [-0.2, 0) is 9.53 Å². The van der Waals surface area contributed by atoms with Gasteiger partial charge in [-0.1, -0.05) is 18.2 Å². The Kier molecular flexibility index (Phi) is 4.15.